The van der Waals surface area contributed by atoms with Crippen LogP contribution in [0.1, 0.15) is 53.6 Å². The summed E-state index contributed by atoms with van der Waals surface area (Å²) in [6.45, 7) is 0. The van der Waals surface area contributed by atoms with Crippen molar-refractivity contribution in [2.75, 3.05) is 14.2 Å². The van der Waals surface area contributed by atoms with Crippen LogP contribution in [0.2, 0.25) is 0 Å². The van der Waals surface area contributed by atoms with Crippen molar-refractivity contribution in [1.82, 2.24) is 5.48 Å². The smallest absolute Gasteiger partial charge is 0.362 e. The highest BCUT2D eigenvalue weighted by atomic mass is 16.7. The number of ether oxygens (including phenoxy) is 2. The van der Waals surface area contributed by atoms with Gasteiger partial charge in [0.2, 0.25) is 0 Å². The molecule has 0 fully saturated rings. The summed E-state index contributed by atoms with van der Waals surface area (Å²) < 4.78 is 10.6. The van der Waals surface area contributed by atoms with Gasteiger partial charge in [-0.2, -0.15) is 10.7 Å². The van der Waals surface area contributed by atoms with Gasteiger partial charge in [0.25, 0.3) is 5.91 Å². The van der Waals surface area contributed by atoms with E-state index in [0.29, 0.717) is 18.4 Å². The van der Waals surface area contributed by atoms with E-state index in [-0.39, 0.29) is 12.3 Å². The van der Waals surface area contributed by atoms with Crippen molar-refractivity contribution in [1.29, 1.82) is 5.26 Å². The molecule has 0 bridgehead atoms. The molecule has 0 atom stereocenters. The van der Waals surface area contributed by atoms with Crippen molar-refractivity contribution >= 4 is 11.9 Å². The Balaban J connectivity index is 1.58. The lowest BCUT2D eigenvalue weighted by molar-refractivity contribution is -0.130. The number of amides is 1. The van der Waals surface area contributed by atoms with Crippen LogP contribution in [0, 0.1) is 11.3 Å². The fourth-order valence-electron chi connectivity index (χ4n) is 4.03. The molecule has 7 heteroatoms. The van der Waals surface area contributed by atoms with E-state index >= 15 is 0 Å². The fourth-order valence-corrected chi connectivity index (χ4v) is 4.03. The quantitative estimate of drug-likeness (QED) is 0.290. The molecule has 1 N–H and O–H groups in total. The molecular formula is C29H30N2O5. The van der Waals surface area contributed by atoms with E-state index < -0.39 is 11.4 Å². The molecule has 1 amide bonds. The number of nitrogens with one attached hydrogen (secondary N) is 1. The highest BCUT2D eigenvalue weighted by Gasteiger charge is 2.34. The van der Waals surface area contributed by atoms with Crippen molar-refractivity contribution in [3.63, 3.8) is 0 Å². The molecule has 3 rings (SSSR count). The average molecular weight is 487 g/mol. The van der Waals surface area contributed by atoms with Crippen molar-refractivity contribution in [3.8, 4) is 17.6 Å². The first-order valence-corrected chi connectivity index (χ1v) is 11.8. The second-order valence-corrected chi connectivity index (χ2v) is 8.32. The van der Waals surface area contributed by atoms with Crippen LogP contribution in [0.3, 0.4) is 0 Å². The van der Waals surface area contributed by atoms with Crippen molar-refractivity contribution in [2.24, 2.45) is 0 Å². The van der Waals surface area contributed by atoms with Gasteiger partial charge in [0.15, 0.2) is 0 Å². The maximum absolute atomic E-state index is 12.1. The Morgan fingerprint density at radius 1 is 0.806 bits per heavy atom. The molecule has 3 aromatic carbocycles. The molecule has 0 spiro atoms. The standard InChI is InChI=1S/C29H30N2O5/c1-34-25-16-12-23(13-17-25)29(21-30,24-14-18-26(35-2)19-15-24)20-8-4-7-11-27(32)31-36-28(33)22-9-5-3-6-10-22/h3,5-6,9-10,12-19H,4,7-8,11,20H2,1-2H3,(H,31,32). The van der Waals surface area contributed by atoms with Gasteiger partial charge >= 0.3 is 5.97 Å². The molecule has 3 aromatic rings. The van der Waals surface area contributed by atoms with Crippen LogP contribution in [0.15, 0.2) is 78.9 Å². The van der Waals surface area contributed by atoms with E-state index in [1.807, 2.05) is 48.5 Å². The number of hydrogen-bond donors (Lipinski definition) is 1. The van der Waals surface area contributed by atoms with Gasteiger partial charge in [-0.25, -0.2) is 4.79 Å². The molecule has 0 aromatic heterocycles. The van der Waals surface area contributed by atoms with E-state index in [1.165, 1.54) is 0 Å². The second-order valence-electron chi connectivity index (χ2n) is 8.32. The summed E-state index contributed by atoms with van der Waals surface area (Å²) in [6, 6.07) is 26.1. The first-order chi connectivity index (χ1) is 17.5. The second kappa shape index (κ2) is 13.0. The number of hydroxylamine groups is 1. The monoisotopic (exact) mass is 486 g/mol. The maximum Gasteiger partial charge on any atom is 0.362 e. The highest BCUT2D eigenvalue weighted by Crippen LogP contribution is 2.38. The van der Waals surface area contributed by atoms with Crippen LogP contribution in [0.4, 0.5) is 0 Å². The van der Waals surface area contributed by atoms with Gasteiger partial charge in [-0.05, 0) is 60.4 Å². The summed E-state index contributed by atoms with van der Waals surface area (Å²) in [7, 11) is 3.21. The SMILES string of the molecule is COc1ccc(C(C#N)(CCCCCC(=O)NOC(=O)c2ccccc2)c2ccc(OC)cc2)cc1. The zero-order valence-corrected chi connectivity index (χ0v) is 20.5. The lowest BCUT2D eigenvalue weighted by Crippen LogP contribution is -2.27. The lowest BCUT2D eigenvalue weighted by atomic mass is 9.72. The third-order valence-electron chi connectivity index (χ3n) is 6.08. The van der Waals surface area contributed by atoms with Crippen LogP contribution < -0.4 is 15.0 Å². The number of hydrogen-bond acceptors (Lipinski definition) is 6. The normalized spacial score (nSPS) is 10.7. The van der Waals surface area contributed by atoms with Gasteiger partial charge in [0, 0.05) is 6.42 Å². The number of carbonyl (C=O) groups is 2. The van der Waals surface area contributed by atoms with Crippen LogP contribution in [-0.4, -0.2) is 26.1 Å². The molecule has 186 valence electrons. The van der Waals surface area contributed by atoms with Gasteiger partial charge in [-0.1, -0.05) is 55.3 Å². The van der Waals surface area contributed by atoms with E-state index in [1.54, 1.807) is 44.6 Å². The molecule has 0 unspecified atom stereocenters. The number of methoxy groups -OCH3 is 2. The van der Waals surface area contributed by atoms with E-state index in [4.69, 9.17) is 14.3 Å². The average Bonchev–Trinajstić information content (AvgIpc) is 2.94. The first-order valence-electron chi connectivity index (χ1n) is 11.8. The van der Waals surface area contributed by atoms with Gasteiger partial charge in [0.1, 0.15) is 16.9 Å². The molecule has 0 saturated carbocycles. The Kier molecular flexibility index (Phi) is 9.47. The lowest BCUT2D eigenvalue weighted by Gasteiger charge is -2.28. The summed E-state index contributed by atoms with van der Waals surface area (Å²) in [6.07, 6.45) is 2.85. The van der Waals surface area contributed by atoms with Crippen LogP contribution in [-0.2, 0) is 15.0 Å². The molecule has 36 heavy (non-hydrogen) atoms. The van der Waals surface area contributed by atoms with Gasteiger partial charge in [-0.15, -0.1) is 0 Å². The number of nitrogens with zero attached hydrogens (tertiary/aromatic N) is 1. The summed E-state index contributed by atoms with van der Waals surface area (Å²) in [5, 5.41) is 10.4. The Labute approximate surface area is 211 Å². The molecule has 0 heterocycles. The van der Waals surface area contributed by atoms with E-state index in [9.17, 15) is 14.9 Å². The minimum atomic E-state index is -0.855. The third-order valence-corrected chi connectivity index (χ3v) is 6.08. The Bertz CT molecular complexity index is 1120. The number of rotatable bonds is 11. The predicted molar refractivity (Wildman–Crippen MR) is 135 cm³/mol. The zero-order valence-electron chi connectivity index (χ0n) is 20.5. The van der Waals surface area contributed by atoms with Gasteiger partial charge in [0.05, 0.1) is 25.9 Å². The summed E-state index contributed by atoms with van der Waals surface area (Å²) >= 11 is 0. The van der Waals surface area contributed by atoms with Crippen LogP contribution in [0.5, 0.6) is 11.5 Å². The highest BCUT2D eigenvalue weighted by molar-refractivity contribution is 5.90. The van der Waals surface area contributed by atoms with E-state index in [0.717, 1.165) is 35.5 Å². The predicted octanol–water partition coefficient (Wildman–Crippen LogP) is 5.35. The third kappa shape index (κ3) is 6.63. The Morgan fingerprint density at radius 3 is 1.86 bits per heavy atom. The first kappa shape index (κ1) is 26.3. The molecule has 0 saturated heterocycles. The van der Waals surface area contributed by atoms with Crippen molar-refractivity contribution in [3.05, 3.63) is 95.6 Å². The number of benzene rings is 3. The summed E-state index contributed by atoms with van der Waals surface area (Å²) in [4.78, 5) is 28.9. The topological polar surface area (TPSA) is 97.6 Å². The largest absolute Gasteiger partial charge is 0.497 e. The number of unbranched alkanes of at least 4 members (excludes halogenated alkanes) is 2. The summed E-state index contributed by atoms with van der Waals surface area (Å²) in [5.74, 6) is 0.469. The molecule has 0 aliphatic rings. The molecule has 0 aliphatic heterocycles. The molecule has 0 aliphatic carbocycles. The fraction of sp³-hybridized carbons (Fsp3) is 0.276. The maximum atomic E-state index is 12.1. The Hall–Kier alpha value is -4.31. The van der Waals surface area contributed by atoms with Gasteiger partial charge in [-0.3, -0.25) is 4.79 Å². The van der Waals surface area contributed by atoms with Crippen LogP contribution >= 0.6 is 0 Å². The van der Waals surface area contributed by atoms with Crippen molar-refractivity contribution in [2.45, 2.75) is 37.5 Å². The Morgan fingerprint density at radius 2 is 1.36 bits per heavy atom. The van der Waals surface area contributed by atoms with Gasteiger partial charge < -0.3 is 14.3 Å². The molecule has 7 nitrogen and oxygen atoms in total. The van der Waals surface area contributed by atoms with Crippen molar-refractivity contribution < 1.29 is 23.9 Å². The minimum absolute atomic E-state index is 0.215. The zero-order chi connectivity index (χ0) is 25.8. The molecule has 0 radical (unpaired) electrons. The number of nitriles is 1. The number of carbonyl (C=O) groups excluding carboxylic acids is 2. The minimum Gasteiger partial charge on any atom is -0.497 e. The molecular weight excluding hydrogens is 456 g/mol. The van der Waals surface area contributed by atoms with E-state index in [2.05, 4.69) is 11.5 Å². The summed E-state index contributed by atoms with van der Waals surface area (Å²) in [5.41, 5.74) is 3.47. The van der Waals surface area contributed by atoms with Crippen LogP contribution in [0.25, 0.3) is 0 Å².